The maximum absolute atomic E-state index is 6.28. The Kier molecular flexibility index (Phi) is 5.22. The van der Waals surface area contributed by atoms with E-state index in [1.807, 2.05) is 6.07 Å². The molecule has 0 spiro atoms. The van der Waals surface area contributed by atoms with Crippen molar-refractivity contribution in [2.45, 2.75) is 44.7 Å². The summed E-state index contributed by atoms with van der Waals surface area (Å²) in [5.74, 6) is 0. The summed E-state index contributed by atoms with van der Waals surface area (Å²) in [4.78, 5) is 2.58. The van der Waals surface area contributed by atoms with Gasteiger partial charge in [-0.15, -0.1) is 0 Å². The van der Waals surface area contributed by atoms with Crippen LogP contribution < -0.4 is 5.73 Å². The molecule has 1 aromatic rings. The van der Waals surface area contributed by atoms with Crippen molar-refractivity contribution in [3.63, 3.8) is 0 Å². The van der Waals surface area contributed by atoms with Crippen molar-refractivity contribution < 1.29 is 0 Å². The van der Waals surface area contributed by atoms with Crippen molar-refractivity contribution in [1.82, 2.24) is 4.90 Å². The molecule has 1 aliphatic rings. The third kappa shape index (κ3) is 3.81. The molecule has 100 valence electrons. The van der Waals surface area contributed by atoms with Crippen LogP contribution >= 0.6 is 15.9 Å². The van der Waals surface area contributed by atoms with Crippen LogP contribution in [0.25, 0.3) is 0 Å². The Hall–Kier alpha value is -0.380. The van der Waals surface area contributed by atoms with Gasteiger partial charge in [0.25, 0.3) is 0 Å². The Balaban J connectivity index is 1.86. The van der Waals surface area contributed by atoms with E-state index in [0.717, 1.165) is 23.5 Å². The van der Waals surface area contributed by atoms with Crippen molar-refractivity contribution in [3.8, 4) is 0 Å². The van der Waals surface area contributed by atoms with Gasteiger partial charge in [-0.1, -0.05) is 34.5 Å². The fraction of sp³-hybridized carbons (Fsp3) is 0.600. The second kappa shape index (κ2) is 6.69. The third-order valence-corrected chi connectivity index (χ3v) is 4.44. The molecule has 2 N–H and O–H groups in total. The van der Waals surface area contributed by atoms with Crippen LogP contribution in [0.15, 0.2) is 28.7 Å². The van der Waals surface area contributed by atoms with E-state index >= 15 is 0 Å². The molecule has 3 heteroatoms. The maximum atomic E-state index is 6.28. The Labute approximate surface area is 119 Å². The highest BCUT2D eigenvalue weighted by Crippen LogP contribution is 2.21. The van der Waals surface area contributed by atoms with Crippen molar-refractivity contribution in [2.75, 3.05) is 13.1 Å². The van der Waals surface area contributed by atoms with Crippen LogP contribution in [0.4, 0.5) is 0 Å². The quantitative estimate of drug-likeness (QED) is 0.918. The van der Waals surface area contributed by atoms with Crippen LogP contribution in [0.3, 0.4) is 0 Å². The number of rotatable bonds is 4. The summed E-state index contributed by atoms with van der Waals surface area (Å²) in [5.41, 5.74) is 7.51. The molecule has 2 unspecified atom stereocenters. The van der Waals surface area contributed by atoms with Gasteiger partial charge in [0.05, 0.1) is 0 Å². The second-order valence-electron chi connectivity index (χ2n) is 5.33. The molecule has 1 saturated heterocycles. The summed E-state index contributed by atoms with van der Waals surface area (Å²) < 4.78 is 1.11. The molecule has 2 atom stereocenters. The minimum absolute atomic E-state index is 0.150. The molecule has 0 saturated carbocycles. The third-order valence-electron chi connectivity index (χ3n) is 3.94. The van der Waals surface area contributed by atoms with Gasteiger partial charge < -0.3 is 10.6 Å². The molecule has 0 aromatic heterocycles. The highest BCUT2D eigenvalue weighted by atomic mass is 79.9. The monoisotopic (exact) mass is 310 g/mol. The molecule has 1 fully saturated rings. The lowest BCUT2D eigenvalue weighted by Gasteiger charge is -2.34. The molecule has 0 radical (unpaired) electrons. The van der Waals surface area contributed by atoms with E-state index in [9.17, 15) is 0 Å². The number of hydrogen-bond acceptors (Lipinski definition) is 2. The van der Waals surface area contributed by atoms with Crippen LogP contribution in [0.1, 0.15) is 44.2 Å². The SMILES string of the molecule is CC1CCCCN1CCC(N)c1cccc(Br)c1. The predicted octanol–water partition coefficient (Wildman–Crippen LogP) is 3.71. The number of nitrogens with two attached hydrogens (primary N) is 1. The Morgan fingerprint density at radius 3 is 3.00 bits per heavy atom. The maximum Gasteiger partial charge on any atom is 0.0307 e. The number of halogens is 1. The van der Waals surface area contributed by atoms with Gasteiger partial charge in [-0.3, -0.25) is 0 Å². The van der Waals surface area contributed by atoms with Crippen molar-refractivity contribution in [2.24, 2.45) is 5.73 Å². The molecule has 0 aliphatic carbocycles. The number of hydrogen-bond donors (Lipinski definition) is 1. The van der Waals surface area contributed by atoms with E-state index < -0.39 is 0 Å². The van der Waals surface area contributed by atoms with E-state index in [0.29, 0.717) is 0 Å². The largest absolute Gasteiger partial charge is 0.324 e. The second-order valence-corrected chi connectivity index (χ2v) is 6.25. The smallest absolute Gasteiger partial charge is 0.0307 e. The van der Waals surface area contributed by atoms with E-state index in [1.165, 1.54) is 31.4 Å². The van der Waals surface area contributed by atoms with E-state index in [-0.39, 0.29) is 6.04 Å². The van der Waals surface area contributed by atoms with Crippen LogP contribution in [0, 0.1) is 0 Å². The van der Waals surface area contributed by atoms with Crippen LogP contribution in [0.5, 0.6) is 0 Å². The zero-order valence-electron chi connectivity index (χ0n) is 11.1. The standard InChI is InChI=1S/C15H23BrN2/c1-12-5-2-3-9-18(12)10-8-15(17)13-6-4-7-14(16)11-13/h4,6-7,11-12,15H,2-3,5,8-10,17H2,1H3. The highest BCUT2D eigenvalue weighted by Gasteiger charge is 2.18. The molecule has 0 bridgehead atoms. The fourth-order valence-electron chi connectivity index (χ4n) is 2.70. The Morgan fingerprint density at radius 2 is 2.28 bits per heavy atom. The summed E-state index contributed by atoms with van der Waals surface area (Å²) >= 11 is 3.50. The predicted molar refractivity (Wildman–Crippen MR) is 80.6 cm³/mol. The summed E-state index contributed by atoms with van der Waals surface area (Å²) in [6, 6.07) is 9.23. The van der Waals surface area contributed by atoms with Gasteiger partial charge in [-0.25, -0.2) is 0 Å². The molecular formula is C15H23BrN2. The van der Waals surface area contributed by atoms with Gasteiger partial charge in [0.2, 0.25) is 0 Å². The Bertz CT molecular complexity index is 381. The normalized spacial score (nSPS) is 22.9. The summed E-state index contributed by atoms with van der Waals surface area (Å²) in [5, 5.41) is 0. The lowest BCUT2D eigenvalue weighted by atomic mass is 10.0. The number of likely N-dealkylation sites (tertiary alicyclic amines) is 1. The first-order chi connectivity index (χ1) is 8.66. The van der Waals surface area contributed by atoms with Crippen molar-refractivity contribution >= 4 is 15.9 Å². The molecule has 1 heterocycles. The number of benzene rings is 1. The topological polar surface area (TPSA) is 29.3 Å². The molecular weight excluding hydrogens is 288 g/mol. The molecule has 18 heavy (non-hydrogen) atoms. The molecule has 1 aromatic carbocycles. The lowest BCUT2D eigenvalue weighted by molar-refractivity contribution is 0.155. The van der Waals surface area contributed by atoms with Gasteiger partial charge >= 0.3 is 0 Å². The Morgan fingerprint density at radius 1 is 1.44 bits per heavy atom. The van der Waals surface area contributed by atoms with E-state index in [4.69, 9.17) is 5.73 Å². The molecule has 2 nitrogen and oxygen atoms in total. The lowest BCUT2D eigenvalue weighted by Crippen LogP contribution is -2.38. The van der Waals surface area contributed by atoms with Crippen LogP contribution in [-0.2, 0) is 0 Å². The van der Waals surface area contributed by atoms with Crippen molar-refractivity contribution in [1.29, 1.82) is 0 Å². The fourth-order valence-corrected chi connectivity index (χ4v) is 3.12. The first-order valence-electron chi connectivity index (χ1n) is 6.92. The highest BCUT2D eigenvalue weighted by molar-refractivity contribution is 9.10. The van der Waals surface area contributed by atoms with Gasteiger partial charge in [0, 0.05) is 23.1 Å². The summed E-state index contributed by atoms with van der Waals surface area (Å²) in [7, 11) is 0. The van der Waals surface area contributed by atoms with Gasteiger partial charge in [0.15, 0.2) is 0 Å². The van der Waals surface area contributed by atoms with Gasteiger partial charge in [-0.2, -0.15) is 0 Å². The first kappa shape index (κ1) is 14.0. The van der Waals surface area contributed by atoms with Gasteiger partial charge in [0.1, 0.15) is 0 Å². The molecule has 0 amide bonds. The summed E-state index contributed by atoms with van der Waals surface area (Å²) in [6.45, 7) is 4.70. The van der Waals surface area contributed by atoms with Crippen LogP contribution in [-0.4, -0.2) is 24.0 Å². The average Bonchev–Trinajstić information content (AvgIpc) is 2.37. The van der Waals surface area contributed by atoms with E-state index in [1.54, 1.807) is 0 Å². The zero-order valence-corrected chi connectivity index (χ0v) is 12.7. The zero-order chi connectivity index (χ0) is 13.0. The first-order valence-corrected chi connectivity index (χ1v) is 7.71. The average molecular weight is 311 g/mol. The molecule has 2 rings (SSSR count). The minimum atomic E-state index is 0.150. The summed E-state index contributed by atoms with van der Waals surface area (Å²) in [6.07, 6.45) is 5.11. The van der Waals surface area contributed by atoms with E-state index in [2.05, 4.69) is 46.0 Å². The molecule has 1 aliphatic heterocycles. The number of nitrogens with zero attached hydrogens (tertiary/aromatic N) is 1. The van der Waals surface area contributed by atoms with Crippen molar-refractivity contribution in [3.05, 3.63) is 34.3 Å². The number of piperidine rings is 1. The van der Waals surface area contributed by atoms with Gasteiger partial charge in [-0.05, 0) is 50.4 Å². The van der Waals surface area contributed by atoms with Crippen LogP contribution in [0.2, 0.25) is 0 Å². The minimum Gasteiger partial charge on any atom is -0.324 e.